The Kier molecular flexibility index (Phi) is 8.25. The largest absolute Gasteiger partial charge is 0.534 e. The predicted molar refractivity (Wildman–Crippen MR) is 218 cm³/mol. The molecule has 0 radical (unpaired) electrons. The molecule has 3 heterocycles. The molecule has 0 amide bonds. The fourth-order valence-electron chi connectivity index (χ4n) is 7.47. The second-order valence-electron chi connectivity index (χ2n) is 16.2. The molecule has 1 aliphatic rings. The summed E-state index contributed by atoms with van der Waals surface area (Å²) >= 11 is 0. The molecule has 0 bridgehead atoms. The van der Waals surface area contributed by atoms with Gasteiger partial charge in [0.25, 0.3) is 0 Å². The molecule has 0 unspecified atom stereocenters. The number of anilines is 3. The van der Waals surface area contributed by atoms with Crippen LogP contribution in [0.15, 0.2) is 158 Å². The zero-order valence-corrected chi connectivity index (χ0v) is 31.2. The summed E-state index contributed by atoms with van der Waals surface area (Å²) in [5.41, 5.74) is 12.4. The molecule has 0 aliphatic carbocycles. The molecule has 1 aliphatic heterocycles. The predicted octanol–water partition coefficient (Wildman–Crippen LogP) is 12.8. The highest BCUT2D eigenvalue weighted by molar-refractivity contribution is 6.63. The van der Waals surface area contributed by atoms with Crippen LogP contribution in [0.4, 0.5) is 25.7 Å². The van der Waals surface area contributed by atoms with Gasteiger partial charge in [0.15, 0.2) is 0 Å². The van der Waals surface area contributed by atoms with E-state index in [9.17, 15) is 0 Å². The Hall–Kier alpha value is -5.75. The summed E-state index contributed by atoms with van der Waals surface area (Å²) in [5, 5.41) is 0. The molecule has 7 aromatic rings. The molecule has 53 heavy (non-hydrogen) atoms. The van der Waals surface area contributed by atoms with E-state index in [1.165, 1.54) is 34.6 Å². The van der Waals surface area contributed by atoms with Gasteiger partial charge in [0, 0.05) is 35.6 Å². The Balaban J connectivity index is 1.16. The van der Waals surface area contributed by atoms with Crippen molar-refractivity contribution in [3.8, 4) is 22.3 Å². The van der Waals surface area contributed by atoms with Crippen molar-refractivity contribution < 1.29 is 8.63 Å². The highest BCUT2D eigenvalue weighted by Crippen LogP contribution is 2.42. The van der Waals surface area contributed by atoms with Crippen LogP contribution in [0.25, 0.3) is 22.3 Å². The van der Waals surface area contributed by atoms with Crippen LogP contribution in [0.2, 0.25) is 0 Å². The third-order valence-electron chi connectivity index (χ3n) is 10.6. The van der Waals surface area contributed by atoms with Crippen LogP contribution in [-0.4, -0.2) is 15.9 Å². The van der Waals surface area contributed by atoms with Crippen molar-refractivity contribution >= 4 is 24.0 Å². The van der Waals surface area contributed by atoms with Gasteiger partial charge in [0.2, 0.25) is 0 Å². The average Bonchev–Trinajstić information content (AvgIpc) is 3.85. The fourth-order valence-corrected chi connectivity index (χ4v) is 7.47. The van der Waals surface area contributed by atoms with Gasteiger partial charge in [0.05, 0.1) is 22.6 Å². The molecule has 0 saturated heterocycles. The number of hydrogen-bond acceptors (Lipinski definition) is 1. The first-order chi connectivity index (χ1) is 25.3. The summed E-state index contributed by atoms with van der Waals surface area (Å²) in [6, 6.07) is 50.2. The van der Waals surface area contributed by atoms with E-state index in [1.54, 1.807) is 24.3 Å². The second kappa shape index (κ2) is 12.7. The molecule has 0 fully saturated rings. The fraction of sp³-hybridized carbons (Fsp3) is 0.170. The van der Waals surface area contributed by atoms with E-state index < -0.39 is 6.97 Å². The molecular formula is C47H44BF2N3. The standard InChI is InChI=1S/C47H44BF2N3/c1-46(2,3)38-21-11-33(12-22-38)35-15-25-40(26-16-35)53(41-27-17-36(18-28-41)34-13-23-39(24-14-34)47(4,5)6)42-29-19-37(20-30-42)45-43-9-7-31-51(43)48(49,50)52-32-8-10-44(45)52/h7-32H,1-6H3. The molecule has 6 heteroatoms. The molecular weight excluding hydrogens is 655 g/mol. The van der Waals surface area contributed by atoms with Crippen LogP contribution < -0.4 is 4.90 Å². The molecule has 2 aromatic heterocycles. The topological polar surface area (TPSA) is 13.1 Å². The summed E-state index contributed by atoms with van der Waals surface area (Å²) in [6.07, 6.45) is 2.94. The number of benzene rings is 5. The van der Waals surface area contributed by atoms with Crippen LogP contribution in [-0.2, 0) is 10.8 Å². The lowest BCUT2D eigenvalue weighted by atomic mass is 9.83. The Bertz CT molecular complexity index is 2210. The monoisotopic (exact) mass is 699 g/mol. The molecule has 0 atom stereocenters. The van der Waals surface area contributed by atoms with Crippen LogP contribution in [0, 0.1) is 5.92 Å². The third-order valence-corrected chi connectivity index (χ3v) is 10.6. The molecule has 264 valence electrons. The lowest BCUT2D eigenvalue weighted by molar-refractivity contribution is 0.521. The van der Waals surface area contributed by atoms with Gasteiger partial charge >= 0.3 is 6.97 Å². The quantitative estimate of drug-likeness (QED) is 0.124. The third kappa shape index (κ3) is 6.26. The van der Waals surface area contributed by atoms with Crippen molar-refractivity contribution in [2.24, 2.45) is 0 Å². The first-order valence-electron chi connectivity index (χ1n) is 18.4. The van der Waals surface area contributed by atoms with E-state index in [4.69, 9.17) is 0 Å². The van der Waals surface area contributed by atoms with Crippen molar-refractivity contribution in [3.63, 3.8) is 0 Å². The van der Waals surface area contributed by atoms with Crippen molar-refractivity contribution in [2.75, 3.05) is 4.90 Å². The maximum absolute atomic E-state index is 15.5. The Morgan fingerprint density at radius 1 is 0.453 bits per heavy atom. The average molecular weight is 700 g/mol. The van der Waals surface area contributed by atoms with Gasteiger partial charge in [-0.15, -0.1) is 0 Å². The summed E-state index contributed by atoms with van der Waals surface area (Å²) in [4.78, 5) is 2.25. The highest BCUT2D eigenvalue weighted by Gasteiger charge is 2.43. The minimum Gasteiger partial charge on any atom is -0.437 e. The summed E-state index contributed by atoms with van der Waals surface area (Å²) < 4.78 is 33.1. The Morgan fingerprint density at radius 2 is 0.774 bits per heavy atom. The Labute approximate surface area is 312 Å². The van der Waals surface area contributed by atoms with Gasteiger partial charge in [0.1, 0.15) is 5.92 Å². The minimum absolute atomic E-state index is 0.0971. The van der Waals surface area contributed by atoms with Crippen molar-refractivity contribution in [1.29, 1.82) is 0 Å². The maximum atomic E-state index is 15.5. The van der Waals surface area contributed by atoms with E-state index in [0.717, 1.165) is 48.6 Å². The van der Waals surface area contributed by atoms with Gasteiger partial charge in [-0.3, -0.25) is 0 Å². The van der Waals surface area contributed by atoms with E-state index in [-0.39, 0.29) is 10.8 Å². The minimum atomic E-state index is -3.95. The number of aromatic nitrogens is 2. The van der Waals surface area contributed by atoms with Gasteiger partial charge < -0.3 is 22.5 Å². The van der Waals surface area contributed by atoms with Crippen LogP contribution >= 0.6 is 0 Å². The number of halogens is 2. The lowest BCUT2D eigenvalue weighted by Crippen LogP contribution is -2.48. The normalized spacial score (nSPS) is 13.8. The summed E-state index contributed by atoms with van der Waals surface area (Å²) in [6.45, 7) is 9.44. The maximum Gasteiger partial charge on any atom is 0.534 e. The first-order valence-corrected chi connectivity index (χ1v) is 18.4. The summed E-state index contributed by atoms with van der Waals surface area (Å²) in [5.74, 6) is 0.787. The molecule has 8 rings (SSSR count). The molecule has 3 nitrogen and oxygen atoms in total. The first kappa shape index (κ1) is 34.3. The number of fused-ring (bicyclic) bond motifs is 2. The van der Waals surface area contributed by atoms with Gasteiger partial charge in [-0.2, -0.15) is 0 Å². The smallest absolute Gasteiger partial charge is 0.437 e. The van der Waals surface area contributed by atoms with E-state index in [1.807, 2.05) is 12.1 Å². The zero-order valence-electron chi connectivity index (χ0n) is 31.2. The summed E-state index contributed by atoms with van der Waals surface area (Å²) in [7, 11) is 0. The van der Waals surface area contributed by atoms with Gasteiger partial charge in [-0.05, 0) is 105 Å². The van der Waals surface area contributed by atoms with Crippen molar-refractivity contribution in [3.05, 3.63) is 192 Å². The van der Waals surface area contributed by atoms with Crippen LogP contribution in [0.3, 0.4) is 0 Å². The van der Waals surface area contributed by atoms with Gasteiger partial charge in [-0.25, -0.2) is 0 Å². The molecule has 0 spiro atoms. The lowest BCUT2D eigenvalue weighted by Gasteiger charge is -2.37. The van der Waals surface area contributed by atoms with E-state index in [0.29, 0.717) is 11.4 Å². The van der Waals surface area contributed by atoms with Crippen LogP contribution in [0.1, 0.15) is 69.6 Å². The van der Waals surface area contributed by atoms with Crippen LogP contribution in [0.5, 0.6) is 0 Å². The van der Waals surface area contributed by atoms with E-state index >= 15 is 8.63 Å². The SMILES string of the molecule is CC(C)(C)c1ccc(-c2ccc(N(c3ccc(-c4ccc(C(C)(C)C)cc4)cc3)c3ccc([C+]4c5cccn5[B-](F)(F)n5cccc54)cc3)cc2)cc1. The van der Waals surface area contributed by atoms with Crippen molar-refractivity contribution in [2.45, 2.75) is 52.4 Å². The highest BCUT2D eigenvalue weighted by atomic mass is 19.2. The van der Waals surface area contributed by atoms with Gasteiger partial charge in [-0.1, -0.05) is 114 Å². The van der Waals surface area contributed by atoms with E-state index in [2.05, 4.69) is 156 Å². The Morgan fingerprint density at radius 3 is 1.11 bits per heavy atom. The number of rotatable bonds is 6. The molecule has 0 saturated carbocycles. The zero-order chi connectivity index (χ0) is 37.1. The number of hydrogen-bond donors (Lipinski definition) is 0. The number of nitrogens with zero attached hydrogens (tertiary/aromatic N) is 3. The second-order valence-corrected chi connectivity index (χ2v) is 16.2. The molecule has 0 N–H and O–H groups in total. The molecule has 5 aromatic carbocycles. The van der Waals surface area contributed by atoms with Crippen molar-refractivity contribution in [1.82, 2.24) is 8.96 Å².